The van der Waals surface area contributed by atoms with Gasteiger partial charge in [-0.3, -0.25) is 14.4 Å². The number of primary amides is 1. The first-order valence-corrected chi connectivity index (χ1v) is 11.8. The molecule has 35 heavy (non-hydrogen) atoms. The Kier molecular flexibility index (Phi) is 6.16. The Morgan fingerprint density at radius 3 is 2.74 bits per heavy atom. The van der Waals surface area contributed by atoms with Crippen LogP contribution in [-0.2, 0) is 4.84 Å². The van der Waals surface area contributed by atoms with Gasteiger partial charge in [0.05, 0.1) is 17.3 Å². The smallest absolute Gasteiger partial charge is 0.278 e. The first kappa shape index (κ1) is 23.3. The minimum absolute atomic E-state index is 0.0208. The molecule has 0 bridgehead atoms. The zero-order chi connectivity index (χ0) is 24.6. The molecule has 1 spiro atoms. The number of nitrogens with two attached hydrogens (primary N) is 1. The van der Waals surface area contributed by atoms with Gasteiger partial charge in [-0.2, -0.15) is 5.10 Å². The summed E-state index contributed by atoms with van der Waals surface area (Å²) >= 11 is 0. The van der Waals surface area contributed by atoms with Gasteiger partial charge in [0.15, 0.2) is 0 Å². The minimum Gasteiger partial charge on any atom is -0.474 e. The lowest BCUT2D eigenvalue weighted by atomic mass is 9.49. The van der Waals surface area contributed by atoms with Crippen molar-refractivity contribution in [2.24, 2.45) is 17.1 Å². The Bertz CT molecular complexity index is 1230. The topological polar surface area (TPSA) is 124 Å². The number of aromatic nitrogens is 3. The Labute approximate surface area is 203 Å². The van der Waals surface area contributed by atoms with Crippen LogP contribution in [0, 0.1) is 11.3 Å². The van der Waals surface area contributed by atoms with Gasteiger partial charge in [0.2, 0.25) is 5.88 Å². The molecule has 2 saturated carbocycles. The van der Waals surface area contributed by atoms with Crippen LogP contribution in [0.15, 0.2) is 48.9 Å². The van der Waals surface area contributed by atoms with Crippen LogP contribution >= 0.6 is 0 Å². The van der Waals surface area contributed by atoms with E-state index in [-0.39, 0.29) is 23.5 Å². The first-order chi connectivity index (χ1) is 16.8. The van der Waals surface area contributed by atoms with Gasteiger partial charge in [0.25, 0.3) is 11.8 Å². The molecule has 2 aliphatic carbocycles. The highest BCUT2D eigenvalue weighted by atomic mass is 16.7. The number of fused-ring (bicyclic) bond motifs is 1. The van der Waals surface area contributed by atoms with Gasteiger partial charge in [0.1, 0.15) is 17.8 Å². The molecule has 184 valence electrons. The quantitative estimate of drug-likeness (QED) is 0.451. The number of pyridine rings is 2. The summed E-state index contributed by atoms with van der Waals surface area (Å²) in [5.74, 6) is -0.207. The van der Waals surface area contributed by atoms with E-state index in [1.807, 2.05) is 32.3 Å². The molecule has 2 amide bonds. The van der Waals surface area contributed by atoms with Crippen LogP contribution < -0.4 is 16.0 Å². The summed E-state index contributed by atoms with van der Waals surface area (Å²) in [6.45, 7) is 0.700. The number of carbonyl (C=O) groups is 2. The van der Waals surface area contributed by atoms with Gasteiger partial charge in [-0.15, -0.1) is 0 Å². The number of ether oxygens (including phenoxy) is 1. The van der Waals surface area contributed by atoms with Crippen molar-refractivity contribution in [2.45, 2.75) is 37.9 Å². The fraction of sp³-hybridized carbons (Fsp3) is 0.440. The van der Waals surface area contributed by atoms with Crippen molar-refractivity contribution in [2.75, 3.05) is 20.6 Å². The van der Waals surface area contributed by atoms with Crippen LogP contribution in [0.1, 0.15) is 46.4 Å². The number of rotatable bonds is 9. The maximum atomic E-state index is 12.8. The number of hydrogen-bond acceptors (Lipinski definition) is 7. The van der Waals surface area contributed by atoms with Crippen LogP contribution in [0.3, 0.4) is 0 Å². The molecule has 3 aromatic heterocycles. The SMILES string of the molecule is CN(C)CC(ONC(=O)c1cnn2ccccc12)C1CC2(CC(Oc3ncccc3C(N)=O)C2)C1. The van der Waals surface area contributed by atoms with E-state index in [2.05, 4.69) is 20.5 Å². The average molecular weight is 479 g/mol. The Balaban J connectivity index is 1.15. The summed E-state index contributed by atoms with van der Waals surface area (Å²) in [5, 5.41) is 4.22. The molecule has 0 radical (unpaired) electrons. The van der Waals surface area contributed by atoms with Crippen molar-refractivity contribution in [1.82, 2.24) is 25.0 Å². The third-order valence-corrected chi connectivity index (χ3v) is 7.07. The van der Waals surface area contributed by atoms with Crippen LogP contribution in [0.5, 0.6) is 5.88 Å². The molecule has 0 aromatic carbocycles. The predicted octanol–water partition coefficient (Wildman–Crippen LogP) is 2.06. The normalized spacial score (nSPS) is 24.1. The number of nitrogens with zero attached hydrogens (tertiary/aromatic N) is 4. The maximum Gasteiger partial charge on any atom is 0.278 e. The lowest BCUT2D eigenvalue weighted by Gasteiger charge is -2.58. The lowest BCUT2D eigenvalue weighted by Crippen LogP contribution is -2.56. The predicted molar refractivity (Wildman–Crippen MR) is 128 cm³/mol. The van der Waals surface area contributed by atoms with Crippen molar-refractivity contribution in [3.05, 3.63) is 60.0 Å². The fourth-order valence-electron chi connectivity index (χ4n) is 5.40. The van der Waals surface area contributed by atoms with E-state index in [4.69, 9.17) is 15.3 Å². The summed E-state index contributed by atoms with van der Waals surface area (Å²) in [4.78, 5) is 36.6. The lowest BCUT2D eigenvalue weighted by molar-refractivity contribution is -0.156. The summed E-state index contributed by atoms with van der Waals surface area (Å²) in [6.07, 6.45) is 8.65. The molecule has 5 rings (SSSR count). The average Bonchev–Trinajstić information content (AvgIpc) is 3.21. The van der Waals surface area contributed by atoms with Gasteiger partial charge in [0, 0.05) is 18.9 Å². The molecule has 10 nitrogen and oxygen atoms in total. The summed E-state index contributed by atoms with van der Waals surface area (Å²) in [7, 11) is 3.99. The van der Waals surface area contributed by atoms with E-state index in [1.54, 1.807) is 35.2 Å². The molecule has 10 heteroatoms. The highest BCUT2D eigenvalue weighted by Crippen LogP contribution is 2.60. The molecule has 0 aliphatic heterocycles. The number of likely N-dealkylation sites (N-methyl/N-ethyl adjacent to an activating group) is 1. The van der Waals surface area contributed by atoms with Crippen LogP contribution in [-0.4, -0.2) is 64.2 Å². The van der Waals surface area contributed by atoms with Gasteiger partial charge < -0.3 is 15.4 Å². The zero-order valence-corrected chi connectivity index (χ0v) is 19.9. The van der Waals surface area contributed by atoms with Crippen molar-refractivity contribution in [1.29, 1.82) is 0 Å². The van der Waals surface area contributed by atoms with E-state index >= 15 is 0 Å². The van der Waals surface area contributed by atoms with E-state index in [1.165, 1.54) is 0 Å². The standard InChI is InChI=1S/C25H30N6O4/c1-30(2)15-21(35-29-23(33)19-14-28-31-9-4-3-7-20(19)31)16-10-25(11-16)12-17(13-25)34-24-18(22(26)32)6-5-8-27-24/h3-9,14,16-17,21H,10-13,15H2,1-2H3,(H2,26,32)(H,29,33). The molecule has 3 heterocycles. The third-order valence-electron chi connectivity index (χ3n) is 7.07. The van der Waals surface area contributed by atoms with Crippen molar-refractivity contribution in [3.8, 4) is 5.88 Å². The largest absolute Gasteiger partial charge is 0.474 e. The molecule has 3 aromatic rings. The monoisotopic (exact) mass is 478 g/mol. The molecule has 1 atom stereocenters. The maximum absolute atomic E-state index is 12.8. The molecule has 0 saturated heterocycles. The number of hydroxylamine groups is 1. The second-order valence-electron chi connectivity index (χ2n) is 9.98. The Hall–Kier alpha value is -3.50. The van der Waals surface area contributed by atoms with Gasteiger partial charge in [-0.05, 0) is 75.4 Å². The molecule has 2 aliphatic rings. The van der Waals surface area contributed by atoms with Crippen LogP contribution in [0.4, 0.5) is 0 Å². The van der Waals surface area contributed by atoms with Crippen molar-refractivity contribution < 1.29 is 19.2 Å². The molecular weight excluding hydrogens is 448 g/mol. The summed E-state index contributed by atoms with van der Waals surface area (Å²) in [6, 6.07) is 8.88. The van der Waals surface area contributed by atoms with Crippen LogP contribution in [0.25, 0.3) is 5.52 Å². The van der Waals surface area contributed by atoms with Crippen molar-refractivity contribution >= 4 is 17.3 Å². The Morgan fingerprint density at radius 2 is 2.00 bits per heavy atom. The van der Waals surface area contributed by atoms with Gasteiger partial charge in [-0.25, -0.2) is 15.0 Å². The van der Waals surface area contributed by atoms with Crippen LogP contribution in [0.2, 0.25) is 0 Å². The highest BCUT2D eigenvalue weighted by Gasteiger charge is 2.56. The number of hydrogen-bond donors (Lipinski definition) is 2. The van der Waals surface area contributed by atoms with Crippen molar-refractivity contribution in [3.63, 3.8) is 0 Å². The van der Waals surface area contributed by atoms with Gasteiger partial charge in [-0.1, -0.05) is 6.07 Å². The van der Waals surface area contributed by atoms with Gasteiger partial charge >= 0.3 is 0 Å². The highest BCUT2D eigenvalue weighted by molar-refractivity contribution is 6.00. The summed E-state index contributed by atoms with van der Waals surface area (Å²) in [5.41, 5.74) is 9.82. The number of amides is 2. The van der Waals surface area contributed by atoms with E-state index in [0.717, 1.165) is 31.2 Å². The summed E-state index contributed by atoms with van der Waals surface area (Å²) < 4.78 is 7.63. The number of nitrogens with one attached hydrogen (secondary N) is 1. The molecule has 2 fully saturated rings. The minimum atomic E-state index is -0.541. The second-order valence-corrected chi connectivity index (χ2v) is 9.98. The fourth-order valence-corrected chi connectivity index (χ4v) is 5.40. The van der Waals surface area contributed by atoms with E-state index < -0.39 is 5.91 Å². The number of carbonyl (C=O) groups excluding carboxylic acids is 2. The Morgan fingerprint density at radius 1 is 1.20 bits per heavy atom. The first-order valence-electron chi connectivity index (χ1n) is 11.8. The molecular formula is C25H30N6O4. The molecule has 3 N–H and O–H groups in total. The third kappa shape index (κ3) is 4.71. The van der Waals surface area contributed by atoms with E-state index in [0.29, 0.717) is 29.5 Å². The van der Waals surface area contributed by atoms with E-state index in [9.17, 15) is 9.59 Å². The molecule has 1 unspecified atom stereocenters. The zero-order valence-electron chi connectivity index (χ0n) is 19.9. The second kappa shape index (κ2) is 9.27.